The molecule has 0 fully saturated rings. The third kappa shape index (κ3) is 2.82. The molecule has 3 aromatic rings. The van der Waals surface area contributed by atoms with Crippen molar-refractivity contribution < 1.29 is 9.53 Å². The number of aromatic nitrogens is 2. The molecule has 1 aromatic carbocycles. The van der Waals surface area contributed by atoms with Crippen LogP contribution in [0.25, 0.3) is 16.9 Å². The van der Waals surface area contributed by atoms with Gasteiger partial charge in [0.25, 0.3) is 5.91 Å². The zero-order valence-electron chi connectivity index (χ0n) is 15.4. The number of rotatable bonds is 3. The van der Waals surface area contributed by atoms with Crippen molar-refractivity contribution >= 4 is 17.2 Å². The van der Waals surface area contributed by atoms with Crippen molar-refractivity contribution in [2.24, 2.45) is 0 Å². The second kappa shape index (κ2) is 6.14. The molecule has 3 heterocycles. The van der Waals surface area contributed by atoms with Crippen molar-refractivity contribution in [2.75, 3.05) is 19.4 Å². The standard InChI is InChI=1S/C20H22N4O2/c1-12-7-8-24-16(11-23(3)4)19(22-18(24)9-12)14-5-6-17-15(10-14)21-20(25)13(2)26-17/h5-10,13H,11H2,1-4H3,(H,21,25). The second-order valence-electron chi connectivity index (χ2n) is 7.04. The molecule has 134 valence electrons. The third-order valence-corrected chi connectivity index (χ3v) is 4.53. The second-order valence-corrected chi connectivity index (χ2v) is 7.04. The molecule has 1 unspecified atom stereocenters. The van der Waals surface area contributed by atoms with E-state index in [1.165, 1.54) is 5.56 Å². The fourth-order valence-corrected chi connectivity index (χ4v) is 3.24. The summed E-state index contributed by atoms with van der Waals surface area (Å²) in [7, 11) is 4.08. The lowest BCUT2D eigenvalue weighted by Crippen LogP contribution is -2.34. The number of carbonyl (C=O) groups is 1. The van der Waals surface area contributed by atoms with Crippen LogP contribution in [-0.2, 0) is 11.3 Å². The lowest BCUT2D eigenvalue weighted by molar-refractivity contribution is -0.122. The van der Waals surface area contributed by atoms with Crippen molar-refractivity contribution in [3.8, 4) is 17.0 Å². The topological polar surface area (TPSA) is 58.9 Å². The lowest BCUT2D eigenvalue weighted by Gasteiger charge is -2.23. The molecular weight excluding hydrogens is 328 g/mol. The van der Waals surface area contributed by atoms with Crippen LogP contribution in [0.2, 0.25) is 0 Å². The summed E-state index contributed by atoms with van der Waals surface area (Å²) in [5, 5.41) is 2.91. The van der Waals surface area contributed by atoms with Crippen LogP contribution in [0.3, 0.4) is 0 Å². The van der Waals surface area contributed by atoms with Gasteiger partial charge in [-0.05, 0) is 63.8 Å². The zero-order valence-corrected chi connectivity index (χ0v) is 15.4. The fraction of sp³-hybridized carbons (Fsp3) is 0.300. The van der Waals surface area contributed by atoms with Gasteiger partial charge in [-0.3, -0.25) is 4.79 Å². The summed E-state index contributed by atoms with van der Waals surface area (Å²) in [6.07, 6.45) is 1.58. The molecule has 0 radical (unpaired) electrons. The number of amides is 1. The number of hydrogen-bond acceptors (Lipinski definition) is 4. The number of carbonyl (C=O) groups excluding carboxylic acids is 1. The van der Waals surface area contributed by atoms with E-state index in [9.17, 15) is 4.79 Å². The maximum Gasteiger partial charge on any atom is 0.265 e. The number of aryl methyl sites for hydroxylation is 1. The summed E-state index contributed by atoms with van der Waals surface area (Å²) in [4.78, 5) is 18.9. The molecule has 0 spiro atoms. The summed E-state index contributed by atoms with van der Waals surface area (Å²) in [5.74, 6) is 0.559. The van der Waals surface area contributed by atoms with Crippen LogP contribution < -0.4 is 10.1 Å². The number of nitrogens with one attached hydrogen (secondary N) is 1. The van der Waals surface area contributed by atoms with Gasteiger partial charge in [0.2, 0.25) is 0 Å². The minimum absolute atomic E-state index is 0.131. The molecule has 6 heteroatoms. The highest BCUT2D eigenvalue weighted by Crippen LogP contribution is 2.35. The Morgan fingerprint density at radius 1 is 1.27 bits per heavy atom. The Morgan fingerprint density at radius 2 is 2.08 bits per heavy atom. The minimum atomic E-state index is -0.476. The molecule has 1 atom stereocenters. The van der Waals surface area contributed by atoms with Crippen molar-refractivity contribution in [1.29, 1.82) is 0 Å². The Morgan fingerprint density at radius 3 is 2.85 bits per heavy atom. The van der Waals surface area contributed by atoms with Crippen LogP contribution in [0.5, 0.6) is 5.75 Å². The molecule has 1 aliphatic rings. The van der Waals surface area contributed by atoms with Gasteiger partial charge >= 0.3 is 0 Å². The summed E-state index contributed by atoms with van der Waals surface area (Å²) in [5.41, 5.74) is 5.77. The van der Waals surface area contributed by atoms with Crippen LogP contribution >= 0.6 is 0 Å². The van der Waals surface area contributed by atoms with Gasteiger partial charge < -0.3 is 19.4 Å². The highest BCUT2D eigenvalue weighted by atomic mass is 16.5. The number of fused-ring (bicyclic) bond motifs is 2. The maximum absolute atomic E-state index is 11.9. The number of imidazole rings is 1. The first-order chi connectivity index (χ1) is 12.4. The van der Waals surface area contributed by atoms with E-state index >= 15 is 0 Å². The van der Waals surface area contributed by atoms with Gasteiger partial charge in [-0.25, -0.2) is 4.98 Å². The molecule has 2 aromatic heterocycles. The quantitative estimate of drug-likeness (QED) is 0.789. The van der Waals surface area contributed by atoms with Gasteiger partial charge in [-0.15, -0.1) is 0 Å². The summed E-state index contributed by atoms with van der Waals surface area (Å²) in [6, 6.07) is 9.99. The number of nitrogens with zero attached hydrogens (tertiary/aromatic N) is 3. The summed E-state index contributed by atoms with van der Waals surface area (Å²) in [6.45, 7) is 4.56. The molecule has 0 saturated heterocycles. The Balaban J connectivity index is 1.86. The molecule has 6 nitrogen and oxygen atoms in total. The van der Waals surface area contributed by atoms with Crippen molar-refractivity contribution in [3.05, 3.63) is 47.8 Å². The van der Waals surface area contributed by atoms with E-state index in [2.05, 4.69) is 39.9 Å². The SMILES string of the molecule is Cc1ccn2c(CN(C)C)c(-c3ccc4c(c3)NC(=O)C(C)O4)nc2c1. The number of hydrogen-bond donors (Lipinski definition) is 1. The molecule has 0 aliphatic carbocycles. The Hall–Kier alpha value is -2.86. The highest BCUT2D eigenvalue weighted by molar-refractivity contribution is 5.98. The van der Waals surface area contributed by atoms with Crippen LogP contribution in [0, 0.1) is 6.92 Å². The number of pyridine rings is 1. The van der Waals surface area contributed by atoms with E-state index in [0.717, 1.165) is 29.1 Å². The van der Waals surface area contributed by atoms with Crippen LogP contribution in [0.4, 0.5) is 5.69 Å². The highest BCUT2D eigenvalue weighted by Gasteiger charge is 2.24. The molecule has 26 heavy (non-hydrogen) atoms. The number of benzene rings is 1. The lowest BCUT2D eigenvalue weighted by atomic mass is 10.1. The Kier molecular flexibility index (Phi) is 3.92. The van der Waals surface area contributed by atoms with E-state index in [0.29, 0.717) is 11.4 Å². The smallest absolute Gasteiger partial charge is 0.265 e. The van der Waals surface area contributed by atoms with Gasteiger partial charge in [0.1, 0.15) is 11.4 Å². The van der Waals surface area contributed by atoms with E-state index in [-0.39, 0.29) is 5.91 Å². The third-order valence-electron chi connectivity index (χ3n) is 4.53. The van der Waals surface area contributed by atoms with Gasteiger partial charge in [0, 0.05) is 18.3 Å². The van der Waals surface area contributed by atoms with Gasteiger partial charge in [-0.2, -0.15) is 0 Å². The summed E-state index contributed by atoms with van der Waals surface area (Å²) >= 11 is 0. The van der Waals surface area contributed by atoms with E-state index < -0.39 is 6.10 Å². The fourth-order valence-electron chi connectivity index (χ4n) is 3.24. The van der Waals surface area contributed by atoms with E-state index in [1.54, 1.807) is 6.92 Å². The normalized spacial score (nSPS) is 16.5. The Labute approximate surface area is 152 Å². The van der Waals surface area contributed by atoms with Gasteiger partial charge in [-0.1, -0.05) is 0 Å². The first-order valence-electron chi connectivity index (χ1n) is 8.66. The molecular formula is C20H22N4O2. The monoisotopic (exact) mass is 350 g/mol. The van der Waals surface area contributed by atoms with E-state index in [4.69, 9.17) is 9.72 Å². The van der Waals surface area contributed by atoms with Crippen LogP contribution in [-0.4, -0.2) is 40.4 Å². The molecule has 0 bridgehead atoms. The average Bonchev–Trinajstić information content (AvgIpc) is 2.92. The molecule has 1 amide bonds. The maximum atomic E-state index is 11.9. The number of anilines is 1. The van der Waals surface area contributed by atoms with Crippen molar-refractivity contribution in [1.82, 2.24) is 14.3 Å². The van der Waals surface area contributed by atoms with E-state index in [1.807, 2.05) is 32.3 Å². The predicted molar refractivity (Wildman–Crippen MR) is 101 cm³/mol. The van der Waals surface area contributed by atoms with Crippen LogP contribution in [0.1, 0.15) is 18.2 Å². The van der Waals surface area contributed by atoms with Crippen molar-refractivity contribution in [2.45, 2.75) is 26.5 Å². The minimum Gasteiger partial charge on any atom is -0.479 e. The average molecular weight is 350 g/mol. The molecule has 0 saturated carbocycles. The predicted octanol–water partition coefficient (Wildman–Crippen LogP) is 3.09. The molecule has 1 aliphatic heterocycles. The number of ether oxygens (including phenoxy) is 1. The molecule has 1 N–H and O–H groups in total. The van der Waals surface area contributed by atoms with Crippen LogP contribution in [0.15, 0.2) is 36.5 Å². The first-order valence-corrected chi connectivity index (χ1v) is 8.66. The first kappa shape index (κ1) is 16.6. The zero-order chi connectivity index (χ0) is 18.4. The summed E-state index contributed by atoms with van der Waals surface area (Å²) < 4.78 is 7.78. The van der Waals surface area contributed by atoms with Crippen molar-refractivity contribution in [3.63, 3.8) is 0 Å². The largest absolute Gasteiger partial charge is 0.479 e. The van der Waals surface area contributed by atoms with Gasteiger partial charge in [0.15, 0.2) is 6.10 Å². The molecule has 4 rings (SSSR count). The Bertz CT molecular complexity index is 1010. The van der Waals surface area contributed by atoms with Gasteiger partial charge in [0.05, 0.1) is 17.1 Å².